The maximum atomic E-state index is 13.2. The van der Waals surface area contributed by atoms with Crippen LogP contribution >= 0.6 is 69.6 Å². The summed E-state index contributed by atoms with van der Waals surface area (Å²) >= 11 is 38.3. The van der Waals surface area contributed by atoms with Gasteiger partial charge in [0.05, 0.1) is 41.8 Å². The molecule has 2 aliphatic rings. The van der Waals surface area contributed by atoms with Crippen LogP contribution < -0.4 is 14.8 Å². The highest BCUT2D eigenvalue weighted by molar-refractivity contribution is 6.66. The molecule has 3 rings (SSSR count). The van der Waals surface area contributed by atoms with Crippen LogP contribution in [0.3, 0.4) is 0 Å². The van der Waals surface area contributed by atoms with Crippen molar-refractivity contribution in [2.75, 3.05) is 19.5 Å². The average molecular weight is 524 g/mol. The Kier molecular flexibility index (Phi) is 5.87. The van der Waals surface area contributed by atoms with Crippen molar-refractivity contribution in [3.63, 3.8) is 0 Å². The van der Waals surface area contributed by atoms with Gasteiger partial charge in [0.15, 0.2) is 4.33 Å². The van der Waals surface area contributed by atoms with Crippen molar-refractivity contribution in [3.8, 4) is 11.5 Å². The van der Waals surface area contributed by atoms with Crippen LogP contribution in [0, 0.1) is 11.8 Å². The predicted molar refractivity (Wildman–Crippen MR) is 113 cm³/mol. The van der Waals surface area contributed by atoms with E-state index in [4.69, 9.17) is 79.1 Å². The van der Waals surface area contributed by atoms with E-state index < -0.39 is 37.8 Å². The molecular weight excluding hydrogens is 511 g/mol. The van der Waals surface area contributed by atoms with Crippen LogP contribution in [0.1, 0.15) is 0 Å². The molecule has 6 nitrogen and oxygen atoms in total. The number of aliphatic carboxylic acids is 1. The molecule has 1 saturated carbocycles. The number of rotatable bonds is 5. The van der Waals surface area contributed by atoms with Gasteiger partial charge >= 0.3 is 5.97 Å². The lowest BCUT2D eigenvalue weighted by molar-refractivity contribution is -0.146. The molecule has 12 heteroatoms. The third-order valence-corrected chi connectivity index (χ3v) is 9.41. The summed E-state index contributed by atoms with van der Waals surface area (Å²) in [4.78, 5) is 21.1. The highest BCUT2D eigenvalue weighted by Crippen LogP contribution is 2.76. The number of carboxylic acids is 1. The number of carbonyl (C=O) groups excluding carboxylic acids is 1. The quantitative estimate of drug-likeness (QED) is 0.541. The van der Waals surface area contributed by atoms with Gasteiger partial charge in [0, 0.05) is 6.07 Å². The Morgan fingerprint density at radius 3 is 2.03 bits per heavy atom. The van der Waals surface area contributed by atoms with Crippen molar-refractivity contribution < 1.29 is 24.2 Å². The zero-order valence-electron chi connectivity index (χ0n) is 14.7. The normalized spacial score (nSPS) is 32.3. The first-order chi connectivity index (χ1) is 13.4. The second-order valence-electron chi connectivity index (χ2n) is 6.47. The van der Waals surface area contributed by atoms with E-state index in [2.05, 4.69) is 5.32 Å². The summed E-state index contributed by atoms with van der Waals surface area (Å²) < 4.78 is 8.17. The number of anilines is 1. The first-order valence-electron chi connectivity index (χ1n) is 7.97. The number of hydrogen-bond donors (Lipinski definition) is 2. The van der Waals surface area contributed by atoms with Gasteiger partial charge < -0.3 is 19.9 Å². The van der Waals surface area contributed by atoms with E-state index in [0.29, 0.717) is 11.5 Å². The maximum Gasteiger partial charge on any atom is 0.309 e. The van der Waals surface area contributed by atoms with Gasteiger partial charge in [-0.25, -0.2) is 0 Å². The number of ether oxygens (including phenoxy) is 2. The standard InChI is InChI=1S/C17H13Cl6NO5/c1-28-6-3-4-8(29-2)7(5-6)24-13(25)9-10(14(26)27)16(21)12(19)11(18)15(9,20)17(16,22)23/h3-5,9-10H,1-2H3,(H,24,25)(H,26,27)/t9-,10+,15-,16-/m0/s1. The summed E-state index contributed by atoms with van der Waals surface area (Å²) in [6.45, 7) is 0. The molecule has 1 aromatic carbocycles. The summed E-state index contributed by atoms with van der Waals surface area (Å²) in [5.74, 6) is -4.81. The van der Waals surface area contributed by atoms with Gasteiger partial charge in [-0.1, -0.05) is 46.4 Å². The lowest BCUT2D eigenvalue weighted by Crippen LogP contribution is -2.47. The van der Waals surface area contributed by atoms with Crippen LogP contribution in [0.4, 0.5) is 5.69 Å². The Morgan fingerprint density at radius 2 is 1.55 bits per heavy atom. The number of amides is 1. The number of fused-ring (bicyclic) bond motifs is 2. The van der Waals surface area contributed by atoms with Crippen molar-refractivity contribution in [1.82, 2.24) is 0 Å². The van der Waals surface area contributed by atoms with Gasteiger partial charge in [0.25, 0.3) is 0 Å². The zero-order chi connectivity index (χ0) is 21.9. The number of halogens is 6. The van der Waals surface area contributed by atoms with E-state index in [-0.39, 0.29) is 15.8 Å². The molecule has 0 unspecified atom stereocenters. The molecule has 2 N–H and O–H groups in total. The third kappa shape index (κ3) is 2.83. The van der Waals surface area contributed by atoms with Crippen molar-refractivity contribution >= 4 is 87.2 Å². The first kappa shape index (κ1) is 22.9. The average Bonchev–Trinajstić information content (AvgIpc) is 2.87. The van der Waals surface area contributed by atoms with Crippen molar-refractivity contribution in [2.24, 2.45) is 11.8 Å². The fraction of sp³-hybridized carbons (Fsp3) is 0.412. The lowest BCUT2D eigenvalue weighted by atomic mass is 9.81. The number of methoxy groups -OCH3 is 2. The number of carbonyl (C=O) groups is 2. The summed E-state index contributed by atoms with van der Waals surface area (Å²) in [5.41, 5.74) is 0.202. The Balaban J connectivity index is 2.11. The SMILES string of the molecule is COc1ccc(OC)c(NC(=O)[C@@H]2[C@H](C(=O)O)[C@]3(Cl)C(Cl)=C(Cl)[C@]2(Cl)C3(Cl)Cl)c1. The van der Waals surface area contributed by atoms with Crippen LogP contribution in [0.5, 0.6) is 11.5 Å². The summed E-state index contributed by atoms with van der Waals surface area (Å²) in [5, 5.41) is 11.8. The van der Waals surface area contributed by atoms with Gasteiger partial charge in [0.1, 0.15) is 21.2 Å². The Hall–Kier alpha value is -0.760. The molecule has 0 aromatic heterocycles. The molecule has 2 aliphatic carbocycles. The Labute approximate surface area is 195 Å². The van der Waals surface area contributed by atoms with E-state index >= 15 is 0 Å². The lowest BCUT2D eigenvalue weighted by Gasteiger charge is -2.33. The van der Waals surface area contributed by atoms with Gasteiger partial charge in [-0.05, 0) is 12.1 Å². The highest BCUT2D eigenvalue weighted by Gasteiger charge is 2.85. The van der Waals surface area contributed by atoms with E-state index in [1.54, 1.807) is 12.1 Å². The number of carboxylic acid groups (broad SMARTS) is 1. The van der Waals surface area contributed by atoms with Crippen LogP contribution in [0.25, 0.3) is 0 Å². The molecule has 1 fully saturated rings. The van der Waals surface area contributed by atoms with Gasteiger partial charge in [-0.2, -0.15) is 0 Å². The molecule has 2 bridgehead atoms. The summed E-state index contributed by atoms with van der Waals surface area (Å²) in [6.07, 6.45) is 0. The van der Waals surface area contributed by atoms with Gasteiger partial charge in [-0.3, -0.25) is 9.59 Å². The van der Waals surface area contributed by atoms with Crippen LogP contribution in [0.15, 0.2) is 28.3 Å². The monoisotopic (exact) mass is 521 g/mol. The molecule has 1 amide bonds. The maximum absolute atomic E-state index is 13.2. The summed E-state index contributed by atoms with van der Waals surface area (Å²) in [6, 6.07) is 4.65. The molecule has 1 aromatic rings. The second kappa shape index (κ2) is 7.43. The number of benzene rings is 1. The fourth-order valence-electron chi connectivity index (χ4n) is 3.75. The van der Waals surface area contributed by atoms with E-state index in [9.17, 15) is 14.7 Å². The van der Waals surface area contributed by atoms with Crippen molar-refractivity contribution in [1.29, 1.82) is 0 Å². The van der Waals surface area contributed by atoms with Crippen LogP contribution in [0.2, 0.25) is 0 Å². The molecule has 29 heavy (non-hydrogen) atoms. The molecule has 0 aliphatic heterocycles. The number of hydrogen-bond acceptors (Lipinski definition) is 4. The summed E-state index contributed by atoms with van der Waals surface area (Å²) in [7, 11) is 2.84. The van der Waals surface area contributed by atoms with E-state index in [0.717, 1.165) is 0 Å². The van der Waals surface area contributed by atoms with E-state index in [1.165, 1.54) is 20.3 Å². The highest BCUT2D eigenvalue weighted by atomic mass is 35.5. The zero-order valence-corrected chi connectivity index (χ0v) is 19.3. The van der Waals surface area contributed by atoms with Crippen molar-refractivity contribution in [3.05, 3.63) is 28.3 Å². The molecule has 0 saturated heterocycles. The second-order valence-corrected chi connectivity index (χ2v) is 9.75. The largest absolute Gasteiger partial charge is 0.497 e. The predicted octanol–water partition coefficient (Wildman–Crippen LogP) is 4.80. The van der Waals surface area contributed by atoms with Crippen molar-refractivity contribution in [2.45, 2.75) is 14.1 Å². The number of alkyl halides is 4. The minimum Gasteiger partial charge on any atom is -0.497 e. The third-order valence-electron chi connectivity index (χ3n) is 5.15. The van der Waals surface area contributed by atoms with Gasteiger partial charge in [0.2, 0.25) is 5.91 Å². The number of allylic oxidation sites excluding steroid dienone is 2. The smallest absolute Gasteiger partial charge is 0.309 e. The Bertz CT molecular complexity index is 937. The molecular formula is C17H13Cl6NO5. The number of nitrogens with one attached hydrogen (secondary N) is 1. The first-order valence-corrected chi connectivity index (χ1v) is 10.2. The molecule has 0 radical (unpaired) electrons. The fourth-order valence-corrected chi connectivity index (χ4v) is 6.68. The Morgan fingerprint density at radius 1 is 1.00 bits per heavy atom. The molecule has 158 valence electrons. The van der Waals surface area contributed by atoms with Crippen LogP contribution in [-0.4, -0.2) is 45.3 Å². The minimum atomic E-state index is -2.18. The van der Waals surface area contributed by atoms with Gasteiger partial charge in [-0.15, -0.1) is 23.2 Å². The minimum absolute atomic E-state index is 0.202. The topological polar surface area (TPSA) is 84.9 Å². The molecule has 0 spiro atoms. The van der Waals surface area contributed by atoms with E-state index in [1.807, 2.05) is 0 Å². The van der Waals surface area contributed by atoms with Crippen LogP contribution in [-0.2, 0) is 9.59 Å². The molecule has 0 heterocycles. The molecule has 4 atom stereocenters.